The van der Waals surface area contributed by atoms with E-state index in [9.17, 15) is 22.0 Å². The van der Waals surface area contributed by atoms with Crippen molar-refractivity contribution in [3.05, 3.63) is 72.3 Å². The number of halogens is 2. The first kappa shape index (κ1) is 20.4. The highest BCUT2D eigenvalue weighted by atomic mass is 32.2. The van der Waals surface area contributed by atoms with Crippen LogP contribution >= 0.6 is 0 Å². The van der Waals surface area contributed by atoms with Gasteiger partial charge < -0.3 is 4.74 Å². The highest BCUT2D eigenvalue weighted by Crippen LogP contribution is 2.29. The summed E-state index contributed by atoms with van der Waals surface area (Å²) in [6.45, 7) is 0.188. The molecule has 0 amide bonds. The predicted molar refractivity (Wildman–Crippen MR) is 107 cm³/mol. The summed E-state index contributed by atoms with van der Waals surface area (Å²) in [4.78, 5) is 12.3. The Morgan fingerprint density at radius 1 is 0.933 bits per heavy atom. The van der Waals surface area contributed by atoms with E-state index >= 15 is 0 Å². The Balaban J connectivity index is 1.43. The summed E-state index contributed by atoms with van der Waals surface area (Å²) in [5, 5.41) is 1.78. The average molecular weight is 431 g/mol. The second kappa shape index (κ2) is 8.12. The number of carbonyl (C=O) groups excluding carboxylic acids is 1. The van der Waals surface area contributed by atoms with Gasteiger partial charge in [-0.15, -0.1) is 0 Å². The number of nitrogens with zero attached hydrogens (tertiary/aromatic N) is 1. The minimum Gasteiger partial charge on any atom is -0.426 e. The van der Waals surface area contributed by atoms with E-state index in [1.54, 1.807) is 6.07 Å². The molecule has 5 nitrogen and oxygen atoms in total. The monoisotopic (exact) mass is 431 g/mol. The van der Waals surface area contributed by atoms with Gasteiger partial charge in [-0.1, -0.05) is 36.4 Å². The molecule has 0 aromatic heterocycles. The topological polar surface area (TPSA) is 63.7 Å². The summed E-state index contributed by atoms with van der Waals surface area (Å²) in [7, 11) is -3.96. The van der Waals surface area contributed by atoms with Crippen LogP contribution in [-0.2, 0) is 14.8 Å². The van der Waals surface area contributed by atoms with Crippen molar-refractivity contribution in [3.8, 4) is 5.75 Å². The van der Waals surface area contributed by atoms with Crippen LogP contribution < -0.4 is 4.74 Å². The van der Waals surface area contributed by atoms with E-state index in [0.717, 1.165) is 22.9 Å². The Morgan fingerprint density at radius 3 is 2.37 bits per heavy atom. The van der Waals surface area contributed by atoms with Crippen molar-refractivity contribution >= 4 is 26.8 Å². The summed E-state index contributed by atoms with van der Waals surface area (Å²) in [5.74, 6) is -2.71. The van der Waals surface area contributed by atoms with Gasteiger partial charge in [0, 0.05) is 18.5 Å². The number of sulfonamides is 1. The third-order valence-corrected chi connectivity index (χ3v) is 7.17. The summed E-state index contributed by atoms with van der Waals surface area (Å²) in [6.07, 6.45) is 0.568. The fourth-order valence-electron chi connectivity index (χ4n) is 3.59. The molecule has 156 valence electrons. The molecule has 1 saturated heterocycles. The van der Waals surface area contributed by atoms with E-state index in [1.807, 2.05) is 36.4 Å². The SMILES string of the molecule is O=C(Oc1cccc2ccccc12)C1CCN(S(=O)(=O)c2ccc(F)c(F)c2)CC1. The van der Waals surface area contributed by atoms with E-state index < -0.39 is 33.5 Å². The lowest BCUT2D eigenvalue weighted by molar-refractivity contribution is -0.140. The molecular weight excluding hydrogens is 412 g/mol. The van der Waals surface area contributed by atoms with Gasteiger partial charge in [-0.3, -0.25) is 4.79 Å². The third-order valence-electron chi connectivity index (χ3n) is 5.28. The second-order valence-electron chi connectivity index (χ2n) is 7.15. The Bertz CT molecular complexity index is 1200. The number of rotatable bonds is 4. The fourth-order valence-corrected chi connectivity index (χ4v) is 5.08. The molecule has 1 fully saturated rings. The maximum Gasteiger partial charge on any atom is 0.314 e. The highest BCUT2D eigenvalue weighted by molar-refractivity contribution is 7.89. The van der Waals surface area contributed by atoms with Crippen molar-refractivity contribution in [3.63, 3.8) is 0 Å². The first-order chi connectivity index (χ1) is 14.4. The number of piperidine rings is 1. The van der Waals surface area contributed by atoms with Crippen LogP contribution in [0.2, 0.25) is 0 Å². The van der Waals surface area contributed by atoms with Crippen LogP contribution in [0, 0.1) is 17.6 Å². The summed E-state index contributed by atoms with van der Waals surface area (Å²) in [5.41, 5.74) is 0. The maximum atomic E-state index is 13.4. The number of benzene rings is 3. The predicted octanol–water partition coefficient (Wildman–Crippen LogP) is 4.12. The molecule has 0 radical (unpaired) electrons. The first-order valence-corrected chi connectivity index (χ1v) is 10.9. The van der Waals surface area contributed by atoms with Crippen molar-refractivity contribution in [1.29, 1.82) is 0 Å². The van der Waals surface area contributed by atoms with Crippen LogP contribution in [0.5, 0.6) is 5.75 Å². The van der Waals surface area contributed by atoms with Crippen LogP contribution in [0.3, 0.4) is 0 Å². The molecule has 0 bridgehead atoms. The standard InChI is InChI=1S/C22H19F2NO4S/c23-19-9-8-17(14-20(19)24)30(27,28)25-12-10-16(11-13-25)22(26)29-21-7-3-5-15-4-1-2-6-18(15)21/h1-9,14,16H,10-13H2. The zero-order valence-electron chi connectivity index (χ0n) is 15.9. The quantitative estimate of drug-likeness (QED) is 0.460. The molecule has 1 aliphatic heterocycles. The largest absolute Gasteiger partial charge is 0.426 e. The van der Waals surface area contributed by atoms with E-state index in [2.05, 4.69) is 0 Å². The average Bonchev–Trinajstić information content (AvgIpc) is 2.76. The van der Waals surface area contributed by atoms with Gasteiger partial charge >= 0.3 is 5.97 Å². The van der Waals surface area contributed by atoms with Crippen molar-refractivity contribution in [2.45, 2.75) is 17.7 Å². The number of esters is 1. The Hall–Kier alpha value is -2.84. The minimum absolute atomic E-state index is 0.0939. The molecule has 0 N–H and O–H groups in total. The van der Waals surface area contributed by atoms with Crippen molar-refractivity contribution in [2.24, 2.45) is 5.92 Å². The van der Waals surface area contributed by atoms with Crippen LogP contribution in [0.25, 0.3) is 10.8 Å². The molecule has 30 heavy (non-hydrogen) atoms. The molecule has 1 heterocycles. The number of ether oxygens (including phenoxy) is 1. The summed E-state index contributed by atoms with van der Waals surface area (Å²) >= 11 is 0. The molecular formula is C22H19F2NO4S. The van der Waals surface area contributed by atoms with Crippen LogP contribution in [-0.4, -0.2) is 31.8 Å². The molecule has 0 aliphatic carbocycles. The number of fused-ring (bicyclic) bond motifs is 1. The Labute approximate surface area is 172 Å². The minimum atomic E-state index is -3.96. The molecule has 1 aliphatic rings. The summed E-state index contributed by atoms with van der Waals surface area (Å²) in [6, 6.07) is 15.5. The third kappa shape index (κ3) is 3.93. The van der Waals surface area contributed by atoms with Gasteiger partial charge in [-0.2, -0.15) is 4.31 Å². The van der Waals surface area contributed by atoms with Crippen LogP contribution in [0.4, 0.5) is 8.78 Å². The fraction of sp³-hybridized carbons (Fsp3) is 0.227. The lowest BCUT2D eigenvalue weighted by Gasteiger charge is -2.30. The molecule has 3 aromatic carbocycles. The van der Waals surface area contributed by atoms with E-state index in [4.69, 9.17) is 4.74 Å². The second-order valence-corrected chi connectivity index (χ2v) is 9.09. The van der Waals surface area contributed by atoms with Crippen LogP contribution in [0.15, 0.2) is 65.6 Å². The molecule has 0 atom stereocenters. The van der Waals surface area contributed by atoms with Crippen LogP contribution in [0.1, 0.15) is 12.8 Å². The smallest absolute Gasteiger partial charge is 0.314 e. The first-order valence-electron chi connectivity index (χ1n) is 9.51. The van der Waals surface area contributed by atoms with E-state index in [0.29, 0.717) is 11.8 Å². The van der Waals surface area contributed by atoms with Crippen molar-refractivity contribution in [2.75, 3.05) is 13.1 Å². The van der Waals surface area contributed by atoms with Gasteiger partial charge in [0.1, 0.15) is 5.75 Å². The molecule has 0 unspecified atom stereocenters. The zero-order valence-corrected chi connectivity index (χ0v) is 16.7. The highest BCUT2D eigenvalue weighted by Gasteiger charge is 2.33. The van der Waals surface area contributed by atoms with E-state index in [-0.39, 0.29) is 30.8 Å². The molecule has 4 rings (SSSR count). The lowest BCUT2D eigenvalue weighted by Crippen LogP contribution is -2.41. The molecule has 3 aromatic rings. The molecule has 8 heteroatoms. The number of hydrogen-bond acceptors (Lipinski definition) is 4. The van der Waals surface area contributed by atoms with Crippen molar-refractivity contribution in [1.82, 2.24) is 4.31 Å². The van der Waals surface area contributed by atoms with Crippen molar-refractivity contribution < 1.29 is 26.7 Å². The lowest BCUT2D eigenvalue weighted by atomic mass is 9.98. The summed E-state index contributed by atoms with van der Waals surface area (Å²) < 4.78 is 58.7. The van der Waals surface area contributed by atoms with Gasteiger partial charge in [-0.05, 0) is 42.5 Å². The van der Waals surface area contributed by atoms with E-state index in [1.165, 1.54) is 4.31 Å². The van der Waals surface area contributed by atoms with Gasteiger partial charge in [0.2, 0.25) is 10.0 Å². The van der Waals surface area contributed by atoms with Gasteiger partial charge in [-0.25, -0.2) is 17.2 Å². The van der Waals surface area contributed by atoms with Gasteiger partial charge in [0.05, 0.1) is 10.8 Å². The van der Waals surface area contributed by atoms with Gasteiger partial charge in [0.15, 0.2) is 11.6 Å². The molecule has 0 saturated carbocycles. The Kier molecular flexibility index (Phi) is 5.53. The Morgan fingerprint density at radius 2 is 1.63 bits per heavy atom. The number of hydrogen-bond donors (Lipinski definition) is 0. The normalized spacial score (nSPS) is 15.9. The molecule has 0 spiro atoms. The number of carbonyl (C=O) groups is 1. The zero-order chi connectivity index (χ0) is 21.3. The van der Waals surface area contributed by atoms with Gasteiger partial charge in [0.25, 0.3) is 0 Å². The maximum absolute atomic E-state index is 13.4.